The van der Waals surface area contributed by atoms with Gasteiger partial charge in [0.25, 0.3) is 0 Å². The van der Waals surface area contributed by atoms with Gasteiger partial charge in [-0.2, -0.15) is 0 Å². The lowest BCUT2D eigenvalue weighted by atomic mass is 9.63. The number of aromatic carboxylic acids is 1. The van der Waals surface area contributed by atoms with Crippen LogP contribution in [0.2, 0.25) is 0 Å². The van der Waals surface area contributed by atoms with E-state index >= 15 is 0 Å². The molecule has 1 aliphatic carbocycles. The number of fused-ring (bicyclic) bond motifs is 1. The summed E-state index contributed by atoms with van der Waals surface area (Å²) in [4.78, 5) is 13.8. The van der Waals surface area contributed by atoms with Crippen LogP contribution in [0.4, 0.5) is 0 Å². The number of rotatable bonds is 11. The van der Waals surface area contributed by atoms with Crippen molar-refractivity contribution in [1.29, 1.82) is 0 Å². The molecule has 0 saturated heterocycles. The second-order valence-corrected chi connectivity index (χ2v) is 12.2. The minimum atomic E-state index is -0.911. The molecule has 0 fully saturated rings. The fourth-order valence-electron chi connectivity index (χ4n) is 5.78. The fraction of sp³-hybridized carbons (Fsp3) is 0.457. The second-order valence-electron chi connectivity index (χ2n) is 12.2. The SMILES string of the molecule is CCN(CC)CCCCOc1ccc(-c2ccc(C(=O)O)cc2)cc1-c1ccc2c(c1)C(C)(C)CCC2(C)C. The molecule has 0 amide bonds. The summed E-state index contributed by atoms with van der Waals surface area (Å²) in [6, 6.07) is 20.4. The number of unbranched alkanes of at least 4 members (excludes halogenated alkanes) is 1. The molecule has 4 nitrogen and oxygen atoms in total. The first-order chi connectivity index (χ1) is 18.6. The van der Waals surface area contributed by atoms with Crippen LogP contribution < -0.4 is 4.74 Å². The summed E-state index contributed by atoms with van der Waals surface area (Å²) in [5.74, 6) is -0.0110. The molecule has 4 heteroatoms. The lowest BCUT2D eigenvalue weighted by Crippen LogP contribution is -2.33. The summed E-state index contributed by atoms with van der Waals surface area (Å²) in [6.45, 7) is 17.8. The Hall–Kier alpha value is -3.11. The Kier molecular flexibility index (Phi) is 8.86. The van der Waals surface area contributed by atoms with Gasteiger partial charge in [-0.15, -0.1) is 0 Å². The normalized spacial score (nSPS) is 15.7. The maximum atomic E-state index is 11.3. The molecule has 0 aromatic heterocycles. The van der Waals surface area contributed by atoms with Crippen molar-refractivity contribution in [3.63, 3.8) is 0 Å². The first-order valence-corrected chi connectivity index (χ1v) is 14.5. The third kappa shape index (κ3) is 6.55. The van der Waals surface area contributed by atoms with Gasteiger partial charge in [0.2, 0.25) is 0 Å². The molecule has 39 heavy (non-hydrogen) atoms. The van der Waals surface area contributed by atoms with Gasteiger partial charge in [0.15, 0.2) is 0 Å². The second kappa shape index (κ2) is 12.0. The van der Waals surface area contributed by atoms with Crippen molar-refractivity contribution in [2.45, 2.75) is 78.1 Å². The number of carboxylic acid groups (broad SMARTS) is 1. The molecule has 1 N–H and O–H groups in total. The fourth-order valence-corrected chi connectivity index (χ4v) is 5.78. The number of hydrogen-bond acceptors (Lipinski definition) is 3. The molecule has 0 aliphatic heterocycles. The molecule has 0 atom stereocenters. The molecule has 0 radical (unpaired) electrons. The molecule has 3 aromatic carbocycles. The van der Waals surface area contributed by atoms with Gasteiger partial charge in [-0.05, 0) is 108 Å². The highest BCUT2D eigenvalue weighted by Gasteiger charge is 2.37. The van der Waals surface area contributed by atoms with Crippen LogP contribution >= 0.6 is 0 Å². The topological polar surface area (TPSA) is 49.8 Å². The molecule has 0 bridgehead atoms. The average molecular weight is 528 g/mol. The average Bonchev–Trinajstić information content (AvgIpc) is 2.93. The molecular weight excluding hydrogens is 482 g/mol. The van der Waals surface area contributed by atoms with Crippen molar-refractivity contribution < 1.29 is 14.6 Å². The highest BCUT2D eigenvalue weighted by Crippen LogP contribution is 2.47. The lowest BCUT2D eigenvalue weighted by Gasteiger charge is -2.42. The highest BCUT2D eigenvalue weighted by molar-refractivity contribution is 5.88. The molecule has 208 valence electrons. The van der Waals surface area contributed by atoms with E-state index in [4.69, 9.17) is 4.74 Å². The standard InChI is InChI=1S/C35H45NO3/c1-7-36(8-2)21-9-10-22-39-32-18-16-27(25-11-13-26(14-12-25)33(37)38)23-29(32)28-15-17-30-31(24-28)35(5,6)20-19-34(30,3)4/h11-18,23-24H,7-10,19-22H2,1-6H3,(H,37,38). The van der Waals surface area contributed by atoms with Crippen molar-refractivity contribution in [3.05, 3.63) is 77.4 Å². The van der Waals surface area contributed by atoms with Crippen molar-refractivity contribution >= 4 is 5.97 Å². The number of carbonyl (C=O) groups is 1. The Morgan fingerprint density at radius 1 is 0.795 bits per heavy atom. The van der Waals surface area contributed by atoms with E-state index in [9.17, 15) is 9.90 Å². The number of benzene rings is 3. The van der Waals surface area contributed by atoms with Crippen molar-refractivity contribution in [2.75, 3.05) is 26.2 Å². The number of nitrogens with zero attached hydrogens (tertiary/aromatic N) is 1. The van der Waals surface area contributed by atoms with E-state index in [1.54, 1.807) is 12.1 Å². The van der Waals surface area contributed by atoms with E-state index in [2.05, 4.69) is 82.8 Å². The Morgan fingerprint density at radius 2 is 1.41 bits per heavy atom. The smallest absolute Gasteiger partial charge is 0.335 e. The van der Waals surface area contributed by atoms with Crippen LogP contribution in [0.1, 0.15) is 88.7 Å². The number of ether oxygens (including phenoxy) is 1. The van der Waals surface area contributed by atoms with E-state index in [0.717, 1.165) is 54.9 Å². The van der Waals surface area contributed by atoms with Gasteiger partial charge in [0.05, 0.1) is 12.2 Å². The maximum Gasteiger partial charge on any atom is 0.335 e. The Labute approximate surface area is 235 Å². The zero-order chi connectivity index (χ0) is 28.2. The van der Waals surface area contributed by atoms with Crippen LogP contribution in [0.25, 0.3) is 22.3 Å². The minimum Gasteiger partial charge on any atom is -0.493 e. The number of carboxylic acids is 1. The van der Waals surface area contributed by atoms with Crippen LogP contribution in [0.5, 0.6) is 5.75 Å². The first-order valence-electron chi connectivity index (χ1n) is 14.5. The minimum absolute atomic E-state index is 0.122. The first kappa shape index (κ1) is 28.9. The largest absolute Gasteiger partial charge is 0.493 e. The zero-order valence-electron chi connectivity index (χ0n) is 24.6. The van der Waals surface area contributed by atoms with Crippen LogP contribution in [-0.4, -0.2) is 42.2 Å². The number of hydrogen-bond donors (Lipinski definition) is 1. The van der Waals surface area contributed by atoms with Gasteiger partial charge in [0.1, 0.15) is 5.75 Å². The quantitative estimate of drug-likeness (QED) is 0.254. The lowest BCUT2D eigenvalue weighted by molar-refractivity contribution is 0.0697. The van der Waals surface area contributed by atoms with E-state index in [0.29, 0.717) is 12.2 Å². The van der Waals surface area contributed by atoms with Gasteiger partial charge in [0, 0.05) is 5.56 Å². The van der Waals surface area contributed by atoms with Gasteiger partial charge in [-0.25, -0.2) is 4.79 Å². The molecular formula is C35H45NO3. The molecule has 0 spiro atoms. The molecule has 3 aromatic rings. The summed E-state index contributed by atoms with van der Waals surface area (Å²) < 4.78 is 6.42. The maximum absolute atomic E-state index is 11.3. The van der Waals surface area contributed by atoms with Crippen LogP contribution in [-0.2, 0) is 10.8 Å². The van der Waals surface area contributed by atoms with E-state index in [1.165, 1.54) is 29.5 Å². The molecule has 1 aliphatic rings. The van der Waals surface area contributed by atoms with Crippen LogP contribution in [0, 0.1) is 0 Å². The predicted molar refractivity (Wildman–Crippen MR) is 162 cm³/mol. The molecule has 0 heterocycles. The van der Waals surface area contributed by atoms with Gasteiger partial charge in [-0.1, -0.05) is 77.9 Å². The monoisotopic (exact) mass is 527 g/mol. The Balaban J connectivity index is 1.68. The molecule has 0 saturated carbocycles. The van der Waals surface area contributed by atoms with Crippen molar-refractivity contribution in [3.8, 4) is 28.0 Å². The summed E-state index contributed by atoms with van der Waals surface area (Å²) in [6.07, 6.45) is 4.49. The van der Waals surface area contributed by atoms with E-state index in [-0.39, 0.29) is 10.8 Å². The summed E-state index contributed by atoms with van der Waals surface area (Å²) in [7, 11) is 0. The predicted octanol–water partition coefficient (Wildman–Crippen LogP) is 8.57. The summed E-state index contributed by atoms with van der Waals surface area (Å²) in [5.41, 5.74) is 7.75. The van der Waals surface area contributed by atoms with E-state index < -0.39 is 5.97 Å². The Morgan fingerprint density at radius 3 is 2.05 bits per heavy atom. The van der Waals surface area contributed by atoms with E-state index in [1.807, 2.05) is 12.1 Å². The molecule has 4 rings (SSSR count). The summed E-state index contributed by atoms with van der Waals surface area (Å²) >= 11 is 0. The Bertz CT molecular complexity index is 1290. The molecule has 0 unspecified atom stereocenters. The van der Waals surface area contributed by atoms with Gasteiger partial charge < -0.3 is 14.7 Å². The van der Waals surface area contributed by atoms with Crippen molar-refractivity contribution in [2.24, 2.45) is 0 Å². The summed E-state index contributed by atoms with van der Waals surface area (Å²) in [5, 5.41) is 9.31. The third-order valence-electron chi connectivity index (χ3n) is 8.63. The highest BCUT2D eigenvalue weighted by atomic mass is 16.5. The zero-order valence-corrected chi connectivity index (χ0v) is 24.6. The van der Waals surface area contributed by atoms with Gasteiger partial charge in [-0.3, -0.25) is 0 Å². The van der Waals surface area contributed by atoms with Crippen LogP contribution in [0.15, 0.2) is 60.7 Å². The van der Waals surface area contributed by atoms with Crippen LogP contribution in [0.3, 0.4) is 0 Å². The third-order valence-corrected chi connectivity index (χ3v) is 8.63. The van der Waals surface area contributed by atoms with Gasteiger partial charge >= 0.3 is 5.97 Å². The van der Waals surface area contributed by atoms with Crippen molar-refractivity contribution in [1.82, 2.24) is 4.90 Å².